The third-order valence-electron chi connectivity index (χ3n) is 14.7. The maximum absolute atomic E-state index is 13.8. The van der Waals surface area contributed by atoms with Crippen LogP contribution < -0.4 is 31.9 Å². The molecule has 2 aliphatic heterocycles. The molecule has 36 heteroatoms. The molecule has 3 fully saturated rings. The van der Waals surface area contributed by atoms with Crippen LogP contribution in [0.5, 0.6) is 0 Å². The van der Waals surface area contributed by atoms with Gasteiger partial charge in [-0.2, -0.15) is 5.26 Å². The highest BCUT2D eigenvalue weighted by atomic mass is 31.2. The van der Waals surface area contributed by atoms with Gasteiger partial charge in [-0.3, -0.25) is 57.5 Å². The van der Waals surface area contributed by atoms with Crippen LogP contribution in [0, 0.1) is 17.2 Å². The minimum Gasteiger partial charge on any atom is -0.463 e. The molecule has 554 valence electrons. The molecule has 35 nitrogen and oxygen atoms in total. The first kappa shape index (κ1) is 85.1. The van der Waals surface area contributed by atoms with Gasteiger partial charge < -0.3 is 103 Å². The zero-order valence-corrected chi connectivity index (χ0v) is 58.7. The van der Waals surface area contributed by atoms with Crippen molar-refractivity contribution in [2.75, 3.05) is 72.6 Å². The van der Waals surface area contributed by atoms with Crippen molar-refractivity contribution in [3.8, 4) is 6.07 Å². The SMILES string of the molecule is CC(=O)NC1C(OCCOCCNC(=O)CCC(NC(=O)CCC(C=O)NC(=O)C2CCC(OP(OCCC#N)N(C(C)C)C(C)C)CC2)C(=O)NCCOCCOC2OC(COC(C)=O)C(OC(C)=O)C(OC(C)=O)C2NC(C)=O)OC(COC(C)=O)C(OC(C)=O)C1OC(C)=O. The average molecular weight is 1420 g/mol. The second-order valence-electron chi connectivity index (χ2n) is 23.6. The largest absolute Gasteiger partial charge is 0.463 e. The van der Waals surface area contributed by atoms with Gasteiger partial charge in [0, 0.05) is 99.3 Å². The highest BCUT2D eigenvalue weighted by Gasteiger charge is 2.53. The molecule has 0 aromatic carbocycles. The van der Waals surface area contributed by atoms with E-state index in [0.717, 1.165) is 41.5 Å². The van der Waals surface area contributed by atoms with E-state index in [2.05, 4.69) is 42.6 Å². The van der Waals surface area contributed by atoms with E-state index >= 15 is 0 Å². The van der Waals surface area contributed by atoms with Crippen molar-refractivity contribution < 1.29 is 128 Å². The first-order valence-electron chi connectivity index (χ1n) is 32.5. The van der Waals surface area contributed by atoms with Crippen LogP contribution >= 0.6 is 8.53 Å². The summed E-state index contributed by atoms with van der Waals surface area (Å²) in [6.45, 7) is 15.5. The average Bonchev–Trinajstić information content (AvgIpc) is 0.796. The van der Waals surface area contributed by atoms with E-state index in [1.54, 1.807) is 0 Å². The molecule has 13 unspecified atom stereocenters. The predicted molar refractivity (Wildman–Crippen MR) is 338 cm³/mol. The predicted octanol–water partition coefficient (Wildman–Crippen LogP) is 0.178. The van der Waals surface area contributed by atoms with Gasteiger partial charge in [-0.25, -0.2) is 4.67 Å². The van der Waals surface area contributed by atoms with E-state index in [9.17, 15) is 62.3 Å². The van der Waals surface area contributed by atoms with Gasteiger partial charge in [0.05, 0.1) is 70.9 Å². The van der Waals surface area contributed by atoms with Crippen LogP contribution in [-0.2, 0) is 128 Å². The lowest BCUT2D eigenvalue weighted by Gasteiger charge is -2.44. The Morgan fingerprint density at radius 3 is 1.45 bits per heavy atom. The Hall–Kier alpha value is -7.13. The number of esters is 6. The number of aldehydes is 1. The quantitative estimate of drug-likeness (QED) is 0.0156. The van der Waals surface area contributed by atoms with Gasteiger partial charge in [0.25, 0.3) is 8.53 Å². The maximum Gasteiger partial charge on any atom is 0.303 e. The summed E-state index contributed by atoms with van der Waals surface area (Å²) in [5, 5.41) is 25.0. The number of hydrogen-bond acceptors (Lipinski definition) is 29. The van der Waals surface area contributed by atoms with E-state index in [0.29, 0.717) is 32.0 Å². The molecule has 0 spiro atoms. The first-order chi connectivity index (χ1) is 46.4. The number of rotatable bonds is 43. The number of carbonyl (C=O) groups excluding carboxylic acids is 13. The van der Waals surface area contributed by atoms with Crippen LogP contribution in [0.2, 0.25) is 0 Å². The summed E-state index contributed by atoms with van der Waals surface area (Å²) in [6, 6.07) is -2.54. The van der Waals surface area contributed by atoms with Crippen molar-refractivity contribution in [3.05, 3.63) is 0 Å². The van der Waals surface area contributed by atoms with Crippen molar-refractivity contribution in [3.63, 3.8) is 0 Å². The number of nitrogens with zero attached hydrogens (tertiary/aromatic N) is 2. The van der Waals surface area contributed by atoms with E-state index in [1.807, 2.05) is 27.7 Å². The monoisotopic (exact) mass is 1420 g/mol. The number of nitriles is 1. The van der Waals surface area contributed by atoms with Gasteiger partial charge in [-0.1, -0.05) is 0 Å². The molecule has 0 aromatic heterocycles. The zero-order valence-electron chi connectivity index (χ0n) is 57.8. The van der Waals surface area contributed by atoms with E-state index < -0.39 is 166 Å². The molecule has 0 aromatic rings. The van der Waals surface area contributed by atoms with Gasteiger partial charge in [0.15, 0.2) is 37.0 Å². The molecule has 6 amide bonds. The van der Waals surface area contributed by atoms with Crippen LogP contribution in [0.15, 0.2) is 0 Å². The number of carbonyl (C=O) groups is 13. The highest BCUT2D eigenvalue weighted by Crippen LogP contribution is 2.49. The normalized spacial score (nSPS) is 23.8. The summed E-state index contributed by atoms with van der Waals surface area (Å²) in [5.74, 6) is -8.47. The minimum atomic E-state index is -1.49. The molecule has 2 heterocycles. The van der Waals surface area contributed by atoms with Crippen LogP contribution in [0.25, 0.3) is 0 Å². The maximum atomic E-state index is 13.8. The number of ether oxygens (including phenoxy) is 12. The van der Waals surface area contributed by atoms with Crippen molar-refractivity contribution in [2.24, 2.45) is 5.92 Å². The Labute approximate surface area is 571 Å². The van der Waals surface area contributed by atoms with Gasteiger partial charge in [0.2, 0.25) is 35.4 Å². The molecule has 3 aliphatic rings. The fraction of sp³-hybridized carbons (Fsp3) is 0.774. The number of amides is 6. The first-order valence-corrected chi connectivity index (χ1v) is 33.6. The Balaban J connectivity index is 1.66. The Morgan fingerprint density at radius 1 is 0.561 bits per heavy atom. The molecule has 1 aliphatic carbocycles. The van der Waals surface area contributed by atoms with Crippen molar-refractivity contribution in [2.45, 2.75) is 232 Å². The van der Waals surface area contributed by atoms with Crippen molar-refractivity contribution in [1.82, 2.24) is 36.6 Å². The van der Waals surface area contributed by atoms with Crippen LogP contribution in [0.1, 0.15) is 141 Å². The molecular weight excluding hydrogens is 1320 g/mol. The van der Waals surface area contributed by atoms with Gasteiger partial charge in [-0.05, 0) is 66.2 Å². The van der Waals surface area contributed by atoms with Gasteiger partial charge in [-0.15, -0.1) is 0 Å². The summed E-state index contributed by atoms with van der Waals surface area (Å²) in [4.78, 5) is 163. The molecule has 3 rings (SSSR count). The van der Waals surface area contributed by atoms with Crippen molar-refractivity contribution in [1.29, 1.82) is 5.26 Å². The smallest absolute Gasteiger partial charge is 0.303 e. The van der Waals surface area contributed by atoms with Crippen LogP contribution in [0.3, 0.4) is 0 Å². The van der Waals surface area contributed by atoms with E-state index in [1.165, 1.54) is 13.8 Å². The van der Waals surface area contributed by atoms with Gasteiger partial charge >= 0.3 is 35.8 Å². The van der Waals surface area contributed by atoms with Crippen molar-refractivity contribution >= 4 is 86.1 Å². The second-order valence-corrected chi connectivity index (χ2v) is 25.0. The lowest BCUT2D eigenvalue weighted by molar-refractivity contribution is -0.279. The standard InChI is InChI=1S/C62H99N8O27P/c1-35(2)70(36(3)4)98(90-25-13-22-63)97-47-17-14-45(15-18-47)59(82)68-46(32-71)16-20-52(81)69-48(60(83)65-24-27-85-29-31-87-62-54(67-38(6)73)58(94-44(12)79)56(92-42(10)77)50(96-62)34-89-40(8)75)19-21-51(80)64-23-26-84-28-30-86-61-53(66-37(5)72)57(93-43(11)78)55(91-41(9)76)49(95-61)33-88-39(7)74/h32,35-36,45-50,53-58,61-62H,13-21,23-31,33-34H2,1-12H3,(H,64,80)(H,65,83)(H,66,72)(H,67,73)(H,68,82)(H,69,81). The van der Waals surface area contributed by atoms with E-state index in [-0.39, 0.29) is 116 Å². The second kappa shape index (κ2) is 45.5. The molecule has 13 atom stereocenters. The fourth-order valence-corrected chi connectivity index (χ4v) is 12.4. The lowest BCUT2D eigenvalue weighted by atomic mass is 9.86. The zero-order chi connectivity index (χ0) is 73.0. The molecular formula is C62H99N8O27P. The Morgan fingerprint density at radius 2 is 1.02 bits per heavy atom. The highest BCUT2D eigenvalue weighted by molar-refractivity contribution is 7.44. The summed E-state index contributed by atoms with van der Waals surface area (Å²) < 4.78 is 81.7. The molecule has 98 heavy (non-hydrogen) atoms. The minimum absolute atomic E-state index is 0.0401. The molecule has 2 saturated heterocycles. The lowest BCUT2D eigenvalue weighted by Crippen LogP contribution is -2.66. The summed E-state index contributed by atoms with van der Waals surface area (Å²) in [6.07, 6.45) is -8.97. The third-order valence-corrected chi connectivity index (χ3v) is 16.9. The summed E-state index contributed by atoms with van der Waals surface area (Å²) >= 11 is 0. The molecule has 0 bridgehead atoms. The van der Waals surface area contributed by atoms with E-state index in [4.69, 9.17) is 71.2 Å². The number of hydrogen-bond donors (Lipinski definition) is 6. The fourth-order valence-electron chi connectivity index (χ4n) is 10.7. The number of nitrogens with one attached hydrogen (secondary N) is 6. The Kier molecular flexibility index (Phi) is 39.5. The molecule has 0 radical (unpaired) electrons. The molecule has 6 N–H and O–H groups in total. The van der Waals surface area contributed by atoms with Crippen LogP contribution in [-0.4, -0.2) is 246 Å². The molecule has 1 saturated carbocycles. The van der Waals surface area contributed by atoms with Gasteiger partial charge in [0.1, 0.15) is 49.8 Å². The summed E-state index contributed by atoms with van der Waals surface area (Å²) in [5.41, 5.74) is 0. The summed E-state index contributed by atoms with van der Waals surface area (Å²) in [7, 11) is -1.49. The third kappa shape index (κ3) is 32.2. The van der Waals surface area contributed by atoms with Crippen LogP contribution in [0.4, 0.5) is 0 Å². The Bertz CT molecular complexity index is 2660. The topological polar surface area (TPSA) is 450 Å².